The van der Waals surface area contributed by atoms with E-state index in [0.29, 0.717) is 0 Å². The molecule has 5 N–H and O–H groups in total. The van der Waals surface area contributed by atoms with E-state index in [0.717, 1.165) is 6.92 Å². The van der Waals surface area contributed by atoms with Crippen LogP contribution in [0.4, 0.5) is 0 Å². The predicted octanol–water partition coefficient (Wildman–Crippen LogP) is 3.16. The quantitative estimate of drug-likeness (QED) is 0.119. The maximum absolute atomic E-state index is 15.0. The molecule has 0 radical (unpaired) electrons. The highest BCUT2D eigenvalue weighted by molar-refractivity contribution is 5.95. The molecule has 1 saturated heterocycles. The van der Waals surface area contributed by atoms with E-state index in [1.807, 2.05) is 0 Å². The number of Topliss-reactive ketones (excluding diaryl/α,β-unsaturated/α-hetero) is 1. The Labute approximate surface area is 348 Å². The minimum Gasteiger partial charge on any atom is -0.456 e. The van der Waals surface area contributed by atoms with Gasteiger partial charge in [0.15, 0.2) is 17.5 Å². The monoisotopic (exact) mass is 816 g/mol. The third-order valence-electron chi connectivity index (χ3n) is 12.9. The van der Waals surface area contributed by atoms with Crippen molar-refractivity contribution in [1.29, 1.82) is 0 Å². The fraction of sp³-hybridized carbons (Fsp3) is 0.444. The summed E-state index contributed by atoms with van der Waals surface area (Å²) in [6.45, 7) is 6.55. The summed E-state index contributed by atoms with van der Waals surface area (Å²) in [4.78, 5) is 70.1. The fourth-order valence-electron chi connectivity index (χ4n) is 9.70. The third kappa shape index (κ3) is 6.76. The number of nitrogens with one attached hydrogen (secondary N) is 1. The highest BCUT2D eigenvalue weighted by Crippen LogP contribution is 2.64. The van der Waals surface area contributed by atoms with Gasteiger partial charge in [0.05, 0.1) is 42.5 Å². The smallest absolute Gasteiger partial charge is 0.338 e. The molecule has 59 heavy (non-hydrogen) atoms. The zero-order valence-corrected chi connectivity index (χ0v) is 33.0. The summed E-state index contributed by atoms with van der Waals surface area (Å²) in [6.07, 6.45) is -11.3. The van der Waals surface area contributed by atoms with Crippen LogP contribution in [-0.4, -0.2) is 104 Å². The van der Waals surface area contributed by atoms with E-state index >= 15 is 4.79 Å². The second-order valence-corrected chi connectivity index (χ2v) is 16.4. The van der Waals surface area contributed by atoms with Crippen LogP contribution >= 0.6 is 0 Å². The maximum Gasteiger partial charge on any atom is 0.338 e. The molecule has 1 heterocycles. The summed E-state index contributed by atoms with van der Waals surface area (Å²) in [5, 5.41) is 51.8. The number of hydrogen-bond acceptors (Lipinski definition) is 13. The van der Waals surface area contributed by atoms with Crippen LogP contribution in [0.25, 0.3) is 0 Å². The Kier molecular flexibility index (Phi) is 9.32. The van der Waals surface area contributed by atoms with Gasteiger partial charge in [0.25, 0.3) is 5.91 Å². The predicted molar refractivity (Wildman–Crippen MR) is 208 cm³/mol. The number of fused-ring (bicyclic) bond motifs is 5. The van der Waals surface area contributed by atoms with Gasteiger partial charge in [0.1, 0.15) is 30.0 Å². The molecular weight excluding hydrogens is 762 g/mol. The van der Waals surface area contributed by atoms with Crippen molar-refractivity contribution in [2.45, 2.75) is 101 Å². The van der Waals surface area contributed by atoms with Gasteiger partial charge in [-0.05, 0) is 54.8 Å². The van der Waals surface area contributed by atoms with Crippen LogP contribution < -0.4 is 5.32 Å². The van der Waals surface area contributed by atoms with E-state index in [9.17, 15) is 39.6 Å². The molecule has 1 aliphatic heterocycles. The number of amides is 1. The fourth-order valence-corrected chi connectivity index (χ4v) is 9.70. The lowest BCUT2D eigenvalue weighted by Gasteiger charge is -2.67. The number of carbonyl (C=O) groups excluding carboxylic acids is 5. The molecule has 3 aromatic rings. The molecule has 2 bridgehead atoms. The molecule has 3 aromatic carbocycles. The summed E-state index contributed by atoms with van der Waals surface area (Å²) in [5.74, 6) is -6.98. The first kappa shape index (κ1) is 35.7. The number of benzene rings is 3. The Bertz CT molecular complexity index is 2420. The standard InChI is InChI=1S/C45H49NO13/c1-24-29(57-41(54)35(50)33(26-15-9-6-10-16-26)46-39(52)27-17-11-7-12-18-27)22-45(55)38(58-40(53)28-19-13-8-14-20-28)36-43(5,37(51)34(49)32(24)42(45,3)4)30(48)21-31-44(36,23-56-31)59-25(2)47/h6-20,29-31,33-36,38,48-50,55H,21-23H2,1-5H3,(H,46,52)/t29-,30-,31+,33-,34+,35+,36?,38-,43+,44-,45+/m0/s1/i7D,11D,12D,17D,18D. The van der Waals surface area contributed by atoms with Crippen LogP contribution in [0.5, 0.6) is 0 Å². The van der Waals surface area contributed by atoms with Crippen LogP contribution in [0.2, 0.25) is 0 Å². The number of carbonyl (C=O) groups is 5. The van der Waals surface area contributed by atoms with Crippen LogP contribution in [0, 0.1) is 16.7 Å². The van der Waals surface area contributed by atoms with Gasteiger partial charge in [0, 0.05) is 30.7 Å². The van der Waals surface area contributed by atoms with Crippen molar-refractivity contribution in [2.75, 3.05) is 6.61 Å². The molecule has 1 unspecified atom stereocenters. The molecule has 3 fully saturated rings. The van der Waals surface area contributed by atoms with E-state index in [1.165, 1.54) is 64.1 Å². The summed E-state index contributed by atoms with van der Waals surface area (Å²) in [6, 6.07) is 9.57. The Morgan fingerprint density at radius 1 is 0.932 bits per heavy atom. The van der Waals surface area contributed by atoms with Crippen molar-refractivity contribution in [2.24, 2.45) is 16.7 Å². The Morgan fingerprint density at radius 3 is 2.15 bits per heavy atom. The molecule has 0 spiro atoms. The van der Waals surface area contributed by atoms with E-state index < -0.39 is 142 Å². The number of rotatable bonds is 9. The highest BCUT2D eigenvalue weighted by Gasteiger charge is 2.78. The molecule has 7 rings (SSSR count). The third-order valence-corrected chi connectivity index (χ3v) is 12.9. The van der Waals surface area contributed by atoms with Crippen LogP contribution in [0.1, 0.15) is 86.6 Å². The van der Waals surface area contributed by atoms with Crippen molar-refractivity contribution < 1.29 is 70.2 Å². The van der Waals surface area contributed by atoms with E-state index in [4.69, 9.17) is 25.8 Å². The van der Waals surface area contributed by atoms with E-state index in [-0.39, 0.29) is 35.3 Å². The minimum absolute atomic E-state index is 0.0322. The Balaban J connectivity index is 1.34. The number of aliphatic hydroxyl groups is 4. The van der Waals surface area contributed by atoms with Gasteiger partial charge in [-0.25, -0.2) is 9.59 Å². The molecule has 4 aliphatic rings. The molecule has 11 atom stereocenters. The molecular formula is C45H49NO13. The van der Waals surface area contributed by atoms with Crippen LogP contribution in [-0.2, 0) is 33.3 Å². The molecule has 14 nitrogen and oxygen atoms in total. The van der Waals surface area contributed by atoms with Crippen LogP contribution in [0.15, 0.2) is 102 Å². The van der Waals surface area contributed by atoms with Crippen molar-refractivity contribution >= 4 is 29.6 Å². The summed E-state index contributed by atoms with van der Waals surface area (Å²) >= 11 is 0. The van der Waals surface area contributed by atoms with Gasteiger partial charge in [0.2, 0.25) is 0 Å². The summed E-state index contributed by atoms with van der Waals surface area (Å²) < 4.78 is 64.6. The lowest BCUT2D eigenvalue weighted by atomic mass is 9.44. The molecule has 14 heteroatoms. The van der Waals surface area contributed by atoms with Crippen molar-refractivity contribution in [1.82, 2.24) is 5.32 Å². The minimum atomic E-state index is -2.45. The molecule has 1 amide bonds. The Morgan fingerprint density at radius 2 is 1.56 bits per heavy atom. The number of ketones is 1. The molecule has 0 aromatic heterocycles. The topological polar surface area (TPSA) is 215 Å². The summed E-state index contributed by atoms with van der Waals surface area (Å²) in [7, 11) is 0. The zero-order valence-electron chi connectivity index (χ0n) is 38.0. The first-order valence-electron chi connectivity index (χ1n) is 21.7. The average molecular weight is 817 g/mol. The normalized spacial score (nSPS) is 34.2. The van der Waals surface area contributed by atoms with E-state index in [1.54, 1.807) is 24.3 Å². The summed E-state index contributed by atoms with van der Waals surface area (Å²) in [5.41, 5.74) is -8.71. The SMILES string of the molecule is [2H]c1c([2H])c([2H])c(C(=O)N[C@@H](c2ccccc2)[C@@H](O)C(=O)O[C@H]2C[C@@]3(O)[C@@H](OC(=O)c4ccccc4)C4[C@](C)(C(=O)[C@H](O)C(=C2C)C3(C)C)[C@@H](O)C[C@H]2OC[C@@]42OC(C)=O)c([2H])c1[2H]. The van der Waals surface area contributed by atoms with Gasteiger partial charge in [-0.2, -0.15) is 0 Å². The van der Waals surface area contributed by atoms with Crippen molar-refractivity contribution in [3.05, 3.63) is 119 Å². The number of aliphatic hydroxyl groups excluding tert-OH is 3. The van der Waals surface area contributed by atoms with Gasteiger partial charge < -0.3 is 44.7 Å². The van der Waals surface area contributed by atoms with Crippen molar-refractivity contribution in [3.8, 4) is 0 Å². The lowest BCUT2D eigenvalue weighted by Crippen LogP contribution is -2.81. The van der Waals surface area contributed by atoms with Crippen molar-refractivity contribution in [3.63, 3.8) is 0 Å². The number of esters is 3. The molecule has 3 aliphatic carbocycles. The van der Waals surface area contributed by atoms with Gasteiger partial charge in [-0.3, -0.25) is 14.4 Å². The second-order valence-electron chi connectivity index (χ2n) is 16.4. The largest absolute Gasteiger partial charge is 0.456 e. The number of ether oxygens (including phenoxy) is 4. The van der Waals surface area contributed by atoms with Gasteiger partial charge >= 0.3 is 17.9 Å². The van der Waals surface area contributed by atoms with E-state index in [2.05, 4.69) is 5.32 Å². The number of hydrogen-bond donors (Lipinski definition) is 5. The lowest BCUT2D eigenvalue weighted by molar-refractivity contribution is -0.346. The maximum atomic E-state index is 15.0. The zero-order chi connectivity index (χ0) is 47.0. The molecule has 2 saturated carbocycles. The second kappa shape index (κ2) is 15.4. The average Bonchev–Trinajstić information content (AvgIpc) is 3.25. The highest BCUT2D eigenvalue weighted by atomic mass is 16.6. The molecule has 312 valence electrons. The van der Waals surface area contributed by atoms with Gasteiger partial charge in [-0.15, -0.1) is 0 Å². The Hall–Kier alpha value is -5.25. The first-order chi connectivity index (χ1) is 29.9. The van der Waals surface area contributed by atoms with Gasteiger partial charge in [-0.1, -0.05) is 80.5 Å². The first-order valence-corrected chi connectivity index (χ1v) is 19.2. The van der Waals surface area contributed by atoms with Crippen LogP contribution in [0.3, 0.4) is 0 Å².